The molecular formula is C26H32O3. The van der Waals surface area contributed by atoms with E-state index in [2.05, 4.69) is 32.1 Å². The van der Waals surface area contributed by atoms with Gasteiger partial charge >= 0.3 is 0 Å². The number of fused-ring (bicyclic) bond motifs is 5. The quantitative estimate of drug-likeness (QED) is 0.540. The first-order chi connectivity index (χ1) is 13.9. The van der Waals surface area contributed by atoms with Crippen LogP contribution in [-0.4, -0.2) is 22.6 Å². The molecule has 1 aliphatic heterocycles. The molecule has 1 saturated heterocycles. The fourth-order valence-electron chi connectivity index (χ4n) is 7.99. The van der Waals surface area contributed by atoms with Gasteiger partial charge in [0.05, 0.1) is 6.10 Å². The van der Waals surface area contributed by atoms with E-state index in [-0.39, 0.29) is 23.0 Å². The van der Waals surface area contributed by atoms with E-state index in [0.717, 1.165) is 50.5 Å². The van der Waals surface area contributed by atoms with Crippen molar-refractivity contribution in [1.82, 2.24) is 0 Å². The molecule has 1 heterocycles. The van der Waals surface area contributed by atoms with Crippen molar-refractivity contribution in [1.29, 1.82) is 0 Å². The van der Waals surface area contributed by atoms with Crippen LogP contribution in [0.15, 0.2) is 42.0 Å². The van der Waals surface area contributed by atoms with Crippen LogP contribution in [0.2, 0.25) is 0 Å². The summed E-state index contributed by atoms with van der Waals surface area (Å²) in [6.07, 6.45) is 9.18. The summed E-state index contributed by atoms with van der Waals surface area (Å²) in [5, 5.41) is 10.2. The lowest BCUT2D eigenvalue weighted by Gasteiger charge is -2.56. The maximum absolute atomic E-state index is 13.7. The Balaban J connectivity index is 1.34. The predicted octanol–water partition coefficient (Wildman–Crippen LogP) is 5.00. The van der Waals surface area contributed by atoms with Gasteiger partial charge in [0.15, 0.2) is 11.4 Å². The Bertz CT molecular complexity index is 890. The summed E-state index contributed by atoms with van der Waals surface area (Å²) in [4.78, 5) is 13.7. The van der Waals surface area contributed by atoms with E-state index in [1.165, 1.54) is 5.57 Å². The molecule has 0 radical (unpaired) electrons. The Morgan fingerprint density at radius 1 is 1.03 bits per heavy atom. The second-order valence-electron chi connectivity index (χ2n) is 10.9. The first kappa shape index (κ1) is 18.3. The SMILES string of the molecule is C[C@]12CC[C@H](O)CC1=CC[C@@H]1[C@@H]2CC[C@]2(C)C(=O)[C@@]3(C[C@@H]12)O[C@@H]3c1ccccc1. The molecule has 4 aliphatic carbocycles. The average Bonchev–Trinajstić information content (AvgIpc) is 3.40. The number of hydrogen-bond acceptors (Lipinski definition) is 3. The number of Topliss-reactive ketones (excluding diaryl/α,β-unsaturated/α-hetero) is 1. The monoisotopic (exact) mass is 392 g/mol. The van der Waals surface area contributed by atoms with Crippen molar-refractivity contribution in [2.45, 2.75) is 76.6 Å². The summed E-state index contributed by atoms with van der Waals surface area (Å²) in [5.74, 6) is 2.01. The van der Waals surface area contributed by atoms with Crippen molar-refractivity contribution < 1.29 is 14.6 Å². The topological polar surface area (TPSA) is 49.8 Å². The van der Waals surface area contributed by atoms with E-state index in [1.54, 1.807) is 0 Å². The number of hydrogen-bond donors (Lipinski definition) is 1. The molecule has 3 saturated carbocycles. The number of ether oxygens (including phenoxy) is 1. The van der Waals surface area contributed by atoms with Gasteiger partial charge in [-0.25, -0.2) is 0 Å². The van der Waals surface area contributed by atoms with Crippen LogP contribution < -0.4 is 0 Å². The number of ketones is 1. The fourth-order valence-corrected chi connectivity index (χ4v) is 7.99. The minimum atomic E-state index is -0.566. The highest BCUT2D eigenvalue weighted by molar-refractivity contribution is 5.98. The Labute approximate surface area is 173 Å². The second-order valence-corrected chi connectivity index (χ2v) is 10.9. The first-order valence-electron chi connectivity index (χ1n) is 11.5. The Morgan fingerprint density at radius 3 is 2.59 bits per heavy atom. The number of aliphatic hydroxyl groups excluding tert-OH is 1. The lowest BCUT2D eigenvalue weighted by Crippen LogP contribution is -2.50. The molecular weight excluding hydrogens is 360 g/mol. The molecule has 3 nitrogen and oxygen atoms in total. The molecule has 1 aromatic rings. The molecule has 154 valence electrons. The lowest BCUT2D eigenvalue weighted by molar-refractivity contribution is -0.135. The van der Waals surface area contributed by atoms with Gasteiger partial charge < -0.3 is 9.84 Å². The molecule has 6 rings (SSSR count). The van der Waals surface area contributed by atoms with Crippen LogP contribution in [0.5, 0.6) is 0 Å². The molecule has 0 aromatic heterocycles. The highest BCUT2D eigenvalue weighted by Crippen LogP contribution is 2.71. The zero-order valence-electron chi connectivity index (χ0n) is 17.6. The Kier molecular flexibility index (Phi) is 3.68. The van der Waals surface area contributed by atoms with E-state index in [1.807, 2.05) is 18.2 Å². The van der Waals surface area contributed by atoms with Gasteiger partial charge in [-0.1, -0.05) is 55.8 Å². The van der Waals surface area contributed by atoms with E-state index in [4.69, 9.17) is 4.74 Å². The lowest BCUT2D eigenvalue weighted by atomic mass is 9.48. The third kappa shape index (κ3) is 2.29. The van der Waals surface area contributed by atoms with Crippen LogP contribution in [0.25, 0.3) is 0 Å². The molecule has 1 aromatic carbocycles. The summed E-state index contributed by atoms with van der Waals surface area (Å²) in [5.41, 5.74) is 2.05. The van der Waals surface area contributed by atoms with Gasteiger partial charge in [0.25, 0.3) is 0 Å². The highest BCUT2D eigenvalue weighted by atomic mass is 16.6. The largest absolute Gasteiger partial charge is 0.393 e. The zero-order valence-corrected chi connectivity index (χ0v) is 17.6. The first-order valence-corrected chi connectivity index (χ1v) is 11.5. The van der Waals surface area contributed by atoms with Crippen molar-refractivity contribution in [3.05, 3.63) is 47.5 Å². The Hall–Kier alpha value is -1.45. The van der Waals surface area contributed by atoms with Gasteiger partial charge in [-0.05, 0) is 73.7 Å². The van der Waals surface area contributed by atoms with Crippen LogP contribution in [0.4, 0.5) is 0 Å². The van der Waals surface area contributed by atoms with Crippen LogP contribution in [0.3, 0.4) is 0 Å². The number of carbonyl (C=O) groups excluding carboxylic acids is 1. The Morgan fingerprint density at radius 2 is 1.79 bits per heavy atom. The van der Waals surface area contributed by atoms with Crippen molar-refractivity contribution in [3.63, 3.8) is 0 Å². The summed E-state index contributed by atoms with van der Waals surface area (Å²) in [6, 6.07) is 10.3. The van der Waals surface area contributed by atoms with Gasteiger partial charge in [-0.2, -0.15) is 0 Å². The van der Waals surface area contributed by atoms with Crippen LogP contribution in [0.1, 0.15) is 70.5 Å². The summed E-state index contributed by atoms with van der Waals surface area (Å²) >= 11 is 0. The number of rotatable bonds is 1. The minimum Gasteiger partial charge on any atom is -0.393 e. The maximum Gasteiger partial charge on any atom is 0.173 e. The standard InChI is InChI=1S/C26H32O3/c1-24-12-10-18(27)14-17(24)8-9-19-20(24)11-13-25(2)21(19)15-26(23(25)28)22(29-26)16-6-4-3-5-7-16/h3-8,18-22,27H,9-15H2,1-2H3/t18-,19+,20-,21-,22+,24-,25-,26-/m0/s1. The molecule has 0 unspecified atom stereocenters. The van der Waals surface area contributed by atoms with Crippen LogP contribution in [-0.2, 0) is 9.53 Å². The number of epoxide rings is 1. The second kappa shape index (κ2) is 5.82. The molecule has 1 spiro atoms. The molecule has 3 heteroatoms. The molecule has 4 fully saturated rings. The van der Waals surface area contributed by atoms with E-state index < -0.39 is 5.60 Å². The fraction of sp³-hybridized carbons (Fsp3) is 0.654. The van der Waals surface area contributed by atoms with Crippen molar-refractivity contribution >= 4 is 5.78 Å². The van der Waals surface area contributed by atoms with E-state index in [0.29, 0.717) is 23.5 Å². The smallest absolute Gasteiger partial charge is 0.173 e. The molecule has 0 bridgehead atoms. The van der Waals surface area contributed by atoms with E-state index >= 15 is 0 Å². The zero-order chi connectivity index (χ0) is 20.0. The maximum atomic E-state index is 13.7. The van der Waals surface area contributed by atoms with Crippen molar-refractivity contribution in [3.8, 4) is 0 Å². The third-order valence-electron chi connectivity index (χ3n) is 9.69. The summed E-state index contributed by atoms with van der Waals surface area (Å²) < 4.78 is 6.25. The van der Waals surface area contributed by atoms with Crippen molar-refractivity contribution in [2.75, 3.05) is 0 Å². The van der Waals surface area contributed by atoms with Gasteiger partial charge in [-0.15, -0.1) is 0 Å². The molecule has 0 amide bonds. The van der Waals surface area contributed by atoms with Crippen LogP contribution >= 0.6 is 0 Å². The highest BCUT2D eigenvalue weighted by Gasteiger charge is 2.75. The number of allylic oxidation sites excluding steroid dienone is 1. The van der Waals surface area contributed by atoms with Crippen LogP contribution in [0, 0.1) is 28.6 Å². The third-order valence-corrected chi connectivity index (χ3v) is 9.69. The normalized spacial score (nSPS) is 50.5. The number of aliphatic hydroxyl groups is 1. The van der Waals surface area contributed by atoms with E-state index in [9.17, 15) is 9.90 Å². The van der Waals surface area contributed by atoms with Gasteiger partial charge in [0, 0.05) is 5.41 Å². The number of benzene rings is 1. The predicted molar refractivity (Wildman–Crippen MR) is 111 cm³/mol. The van der Waals surface area contributed by atoms with Gasteiger partial charge in [0.2, 0.25) is 0 Å². The molecule has 8 atom stereocenters. The molecule has 1 N–H and O–H groups in total. The summed E-state index contributed by atoms with van der Waals surface area (Å²) in [6.45, 7) is 4.68. The molecule has 29 heavy (non-hydrogen) atoms. The number of carbonyl (C=O) groups is 1. The van der Waals surface area contributed by atoms with Gasteiger partial charge in [-0.3, -0.25) is 4.79 Å². The molecule has 5 aliphatic rings. The van der Waals surface area contributed by atoms with Crippen molar-refractivity contribution in [2.24, 2.45) is 28.6 Å². The van der Waals surface area contributed by atoms with Gasteiger partial charge in [0.1, 0.15) is 6.10 Å². The average molecular weight is 393 g/mol. The minimum absolute atomic E-state index is 0.0489. The summed E-state index contributed by atoms with van der Waals surface area (Å²) in [7, 11) is 0.